The number of sulfone groups is 1. The van der Waals surface area contributed by atoms with Crippen molar-refractivity contribution in [3.05, 3.63) is 21.3 Å². The van der Waals surface area contributed by atoms with Gasteiger partial charge >= 0.3 is 0 Å². The summed E-state index contributed by atoms with van der Waals surface area (Å²) in [5.41, 5.74) is 0. The molecule has 2 unspecified atom stereocenters. The van der Waals surface area contributed by atoms with Crippen LogP contribution in [0.1, 0.15) is 37.5 Å². The molecule has 1 amide bonds. The average molecular weight is 350 g/mol. The Labute approximate surface area is 134 Å². The van der Waals surface area contributed by atoms with E-state index in [1.807, 2.05) is 0 Å². The minimum atomic E-state index is -3.45. The van der Waals surface area contributed by atoms with Gasteiger partial charge in [-0.2, -0.15) is 0 Å². The first kappa shape index (κ1) is 16.8. The van der Waals surface area contributed by atoms with Gasteiger partial charge in [0.2, 0.25) is 5.91 Å². The monoisotopic (exact) mass is 349 g/mol. The highest BCUT2D eigenvalue weighted by atomic mass is 35.5. The van der Waals surface area contributed by atoms with Crippen molar-refractivity contribution >= 4 is 38.7 Å². The summed E-state index contributed by atoms with van der Waals surface area (Å²) in [4.78, 5) is 12.6. The molecular formula is C14H20ClNO3S2. The molecule has 2 rings (SSSR count). The first-order valence-electron chi connectivity index (χ1n) is 7.10. The lowest BCUT2D eigenvalue weighted by atomic mass is 9.86. The van der Waals surface area contributed by atoms with Crippen molar-refractivity contribution < 1.29 is 13.2 Å². The largest absolute Gasteiger partial charge is 0.352 e. The molecule has 0 saturated heterocycles. The van der Waals surface area contributed by atoms with Crippen LogP contribution in [0, 0.1) is 5.92 Å². The van der Waals surface area contributed by atoms with Gasteiger partial charge < -0.3 is 5.32 Å². The van der Waals surface area contributed by atoms with Crippen molar-refractivity contribution in [1.82, 2.24) is 5.32 Å². The van der Waals surface area contributed by atoms with Crippen LogP contribution in [-0.4, -0.2) is 26.1 Å². The van der Waals surface area contributed by atoms with E-state index in [0.29, 0.717) is 15.1 Å². The standard InChI is InChI=1S/C14H20ClNO3S2/c1-10-4-2-3-5-12(10)16-14(17)9-21(18,19)8-11-6-7-13(15)20-11/h6-7,10,12H,2-5,8-9H2,1H3,(H,16,17). The smallest absolute Gasteiger partial charge is 0.235 e. The van der Waals surface area contributed by atoms with Crippen molar-refractivity contribution in [2.75, 3.05) is 5.75 Å². The number of carbonyl (C=O) groups is 1. The highest BCUT2D eigenvalue weighted by Crippen LogP contribution is 2.24. The van der Waals surface area contributed by atoms with Crippen molar-refractivity contribution in [1.29, 1.82) is 0 Å². The molecule has 4 nitrogen and oxygen atoms in total. The van der Waals surface area contributed by atoms with Crippen molar-refractivity contribution in [2.45, 2.75) is 44.4 Å². The zero-order valence-electron chi connectivity index (χ0n) is 12.0. The van der Waals surface area contributed by atoms with Gasteiger partial charge in [0.05, 0.1) is 10.1 Å². The molecule has 0 spiro atoms. The molecule has 21 heavy (non-hydrogen) atoms. The van der Waals surface area contributed by atoms with Crippen LogP contribution < -0.4 is 5.32 Å². The molecule has 0 aromatic carbocycles. The van der Waals surface area contributed by atoms with E-state index in [4.69, 9.17) is 11.6 Å². The van der Waals surface area contributed by atoms with Gasteiger partial charge in [-0.1, -0.05) is 31.4 Å². The van der Waals surface area contributed by atoms with Gasteiger partial charge in [-0.25, -0.2) is 8.42 Å². The van der Waals surface area contributed by atoms with E-state index >= 15 is 0 Å². The second kappa shape index (κ2) is 7.11. The maximum absolute atomic E-state index is 12.0. The quantitative estimate of drug-likeness (QED) is 0.888. The van der Waals surface area contributed by atoms with Crippen molar-refractivity contribution in [2.24, 2.45) is 5.92 Å². The second-order valence-corrected chi connectivity index (χ2v) is 9.54. The van der Waals surface area contributed by atoms with Gasteiger partial charge in [-0.05, 0) is 30.9 Å². The Balaban J connectivity index is 1.88. The number of thiophene rings is 1. The first-order valence-corrected chi connectivity index (χ1v) is 10.1. The van der Waals surface area contributed by atoms with Crippen LogP contribution in [0.5, 0.6) is 0 Å². The maximum atomic E-state index is 12.0. The molecule has 0 bridgehead atoms. The summed E-state index contributed by atoms with van der Waals surface area (Å²) in [7, 11) is -3.45. The highest BCUT2D eigenvalue weighted by Gasteiger charge is 2.25. The minimum absolute atomic E-state index is 0.109. The molecule has 2 atom stereocenters. The predicted octanol–water partition coefficient (Wildman–Crippen LogP) is 3.01. The summed E-state index contributed by atoms with van der Waals surface area (Å²) >= 11 is 7.02. The van der Waals surface area contributed by atoms with E-state index < -0.39 is 21.5 Å². The summed E-state index contributed by atoms with van der Waals surface area (Å²) in [6.07, 6.45) is 4.31. The fourth-order valence-electron chi connectivity index (χ4n) is 2.68. The molecule has 0 aliphatic heterocycles. The van der Waals surface area contributed by atoms with E-state index in [1.165, 1.54) is 17.8 Å². The van der Waals surface area contributed by atoms with Gasteiger partial charge in [0, 0.05) is 10.9 Å². The van der Waals surface area contributed by atoms with Crippen LogP contribution in [0.15, 0.2) is 12.1 Å². The molecule has 1 aromatic heterocycles. The van der Waals surface area contributed by atoms with Gasteiger partial charge in [0.15, 0.2) is 9.84 Å². The van der Waals surface area contributed by atoms with Crippen LogP contribution in [-0.2, 0) is 20.4 Å². The van der Waals surface area contributed by atoms with Gasteiger partial charge in [-0.15, -0.1) is 11.3 Å². The lowest BCUT2D eigenvalue weighted by Gasteiger charge is -2.29. The van der Waals surface area contributed by atoms with Crippen LogP contribution >= 0.6 is 22.9 Å². The summed E-state index contributed by atoms with van der Waals surface area (Å²) in [6.45, 7) is 2.10. The third-order valence-electron chi connectivity index (χ3n) is 3.80. The number of hydrogen-bond donors (Lipinski definition) is 1. The van der Waals surface area contributed by atoms with Gasteiger partial charge in [-0.3, -0.25) is 4.79 Å². The summed E-state index contributed by atoms with van der Waals surface area (Å²) < 4.78 is 24.6. The molecule has 1 aliphatic carbocycles. The Hall–Kier alpha value is -0.590. The fraction of sp³-hybridized carbons (Fsp3) is 0.643. The molecule has 118 valence electrons. The molecule has 0 radical (unpaired) electrons. The van der Waals surface area contributed by atoms with Crippen LogP contribution in [0.4, 0.5) is 0 Å². The lowest BCUT2D eigenvalue weighted by molar-refractivity contribution is -0.119. The summed E-state index contributed by atoms with van der Waals surface area (Å²) in [6, 6.07) is 3.46. The van der Waals surface area contributed by atoms with Crippen molar-refractivity contribution in [3.63, 3.8) is 0 Å². The van der Waals surface area contributed by atoms with E-state index in [-0.39, 0.29) is 11.8 Å². The maximum Gasteiger partial charge on any atom is 0.235 e. The number of rotatable bonds is 5. The molecule has 1 N–H and O–H groups in total. The fourth-order valence-corrected chi connectivity index (χ4v) is 5.45. The zero-order valence-corrected chi connectivity index (χ0v) is 14.4. The van der Waals surface area contributed by atoms with E-state index in [9.17, 15) is 13.2 Å². The molecule has 7 heteroatoms. The SMILES string of the molecule is CC1CCCCC1NC(=O)CS(=O)(=O)Cc1ccc(Cl)s1. The normalized spacial score (nSPS) is 23.0. The number of halogens is 1. The Morgan fingerprint density at radius 3 is 2.71 bits per heavy atom. The van der Waals surface area contributed by atoms with Crippen LogP contribution in [0.3, 0.4) is 0 Å². The topological polar surface area (TPSA) is 63.2 Å². The number of nitrogens with one attached hydrogen (secondary N) is 1. The van der Waals surface area contributed by atoms with Gasteiger partial charge in [0.1, 0.15) is 5.75 Å². The Bertz CT molecular complexity index is 597. The number of amides is 1. The zero-order chi connectivity index (χ0) is 15.5. The van der Waals surface area contributed by atoms with Crippen LogP contribution in [0.25, 0.3) is 0 Å². The molecule has 1 fully saturated rings. The van der Waals surface area contributed by atoms with Gasteiger partial charge in [0.25, 0.3) is 0 Å². The Kier molecular flexibility index (Phi) is 5.68. The average Bonchev–Trinajstić information content (AvgIpc) is 2.76. The highest BCUT2D eigenvalue weighted by molar-refractivity contribution is 7.91. The Morgan fingerprint density at radius 2 is 2.10 bits per heavy atom. The number of carbonyl (C=O) groups excluding carboxylic acids is 1. The minimum Gasteiger partial charge on any atom is -0.352 e. The second-order valence-electron chi connectivity index (χ2n) is 5.67. The first-order chi connectivity index (χ1) is 9.85. The third-order valence-corrected chi connectivity index (χ3v) is 6.67. The number of hydrogen-bond acceptors (Lipinski definition) is 4. The molecular weight excluding hydrogens is 330 g/mol. The van der Waals surface area contributed by atoms with E-state index in [2.05, 4.69) is 12.2 Å². The summed E-state index contributed by atoms with van der Waals surface area (Å²) in [5, 5.41) is 2.87. The predicted molar refractivity (Wildman–Crippen MR) is 86.4 cm³/mol. The third kappa shape index (κ3) is 5.27. The summed E-state index contributed by atoms with van der Waals surface area (Å²) in [5.74, 6) is -0.554. The Morgan fingerprint density at radius 1 is 1.38 bits per heavy atom. The molecule has 1 heterocycles. The molecule has 1 saturated carbocycles. The molecule has 1 aromatic rings. The van der Waals surface area contributed by atoms with E-state index in [1.54, 1.807) is 12.1 Å². The van der Waals surface area contributed by atoms with Crippen LogP contribution in [0.2, 0.25) is 4.34 Å². The van der Waals surface area contributed by atoms with Crippen molar-refractivity contribution in [3.8, 4) is 0 Å². The lowest BCUT2D eigenvalue weighted by Crippen LogP contribution is -2.43. The molecule has 1 aliphatic rings. The van der Waals surface area contributed by atoms with E-state index in [0.717, 1.165) is 19.3 Å².